The smallest absolute Gasteiger partial charge is 0.310 e. The summed E-state index contributed by atoms with van der Waals surface area (Å²) >= 11 is 0. The number of ether oxygens (including phenoxy) is 2. The fraction of sp³-hybridized carbons (Fsp3) is 0.304. The summed E-state index contributed by atoms with van der Waals surface area (Å²) in [5.74, 6) is 1.15. The Labute approximate surface area is 168 Å². The molecular formula is C23H31NO4. The lowest BCUT2D eigenvalue weighted by molar-refractivity contribution is -0.421. The molecule has 0 fully saturated rings. The first-order chi connectivity index (χ1) is 13.7. The minimum Gasteiger partial charge on any atom is -0.489 e. The molecule has 0 aromatic heterocycles. The first-order valence-electron chi connectivity index (χ1n) is 9.53. The average Bonchev–Trinajstić information content (AvgIpc) is 2.76. The van der Waals surface area contributed by atoms with Crippen molar-refractivity contribution >= 4 is 0 Å². The Morgan fingerprint density at radius 3 is 2.32 bits per heavy atom. The summed E-state index contributed by atoms with van der Waals surface area (Å²) in [6.07, 6.45) is 7.62. The lowest BCUT2D eigenvalue weighted by Gasteiger charge is -2.17. The van der Waals surface area contributed by atoms with Gasteiger partial charge in [-0.15, -0.1) is 0 Å². The number of rotatable bonds is 8. The molecule has 0 saturated carbocycles. The van der Waals surface area contributed by atoms with Gasteiger partial charge in [0.25, 0.3) is 0 Å². The van der Waals surface area contributed by atoms with Gasteiger partial charge in [0.05, 0.1) is 4.92 Å². The minimum atomic E-state index is -0.554. The van der Waals surface area contributed by atoms with Crippen molar-refractivity contribution in [2.75, 3.05) is 0 Å². The molecule has 0 heterocycles. The van der Waals surface area contributed by atoms with E-state index in [1.54, 1.807) is 6.08 Å². The first-order valence-corrected chi connectivity index (χ1v) is 9.53. The molecule has 1 aliphatic rings. The van der Waals surface area contributed by atoms with Crippen LogP contribution in [0.25, 0.3) is 0 Å². The highest BCUT2D eigenvalue weighted by Gasteiger charge is 2.19. The summed E-state index contributed by atoms with van der Waals surface area (Å²) in [4.78, 5) is 10.5. The Bertz CT molecular complexity index is 715. The summed E-state index contributed by atoms with van der Waals surface area (Å²) in [6.45, 7) is 15.4. The largest absolute Gasteiger partial charge is 0.489 e. The maximum Gasteiger partial charge on any atom is 0.310 e. The van der Waals surface area contributed by atoms with Crippen molar-refractivity contribution in [3.63, 3.8) is 0 Å². The lowest BCUT2D eigenvalue weighted by Crippen LogP contribution is -2.06. The third-order valence-corrected chi connectivity index (χ3v) is 3.39. The molecule has 28 heavy (non-hydrogen) atoms. The van der Waals surface area contributed by atoms with E-state index in [1.807, 2.05) is 64.1 Å². The first kappa shape index (κ1) is 24.9. The van der Waals surface area contributed by atoms with Gasteiger partial charge in [0, 0.05) is 12.5 Å². The molecule has 1 aromatic carbocycles. The molecule has 152 valence electrons. The molecule has 0 radical (unpaired) electrons. The summed E-state index contributed by atoms with van der Waals surface area (Å²) in [7, 11) is 0. The second-order valence-corrected chi connectivity index (χ2v) is 5.02. The molecule has 0 amide bonds. The highest BCUT2D eigenvalue weighted by molar-refractivity contribution is 5.28. The number of allylic oxidation sites excluding steroid dienone is 5. The van der Waals surface area contributed by atoms with Crippen LogP contribution >= 0.6 is 0 Å². The highest BCUT2D eigenvalue weighted by Crippen LogP contribution is 2.25. The van der Waals surface area contributed by atoms with Gasteiger partial charge in [-0.05, 0) is 24.1 Å². The van der Waals surface area contributed by atoms with Crippen LogP contribution in [0.15, 0.2) is 90.8 Å². The van der Waals surface area contributed by atoms with Crippen molar-refractivity contribution < 1.29 is 14.4 Å². The van der Waals surface area contributed by atoms with E-state index >= 15 is 0 Å². The number of hydrogen-bond acceptors (Lipinski definition) is 4. The number of hydrogen-bond donors (Lipinski definition) is 0. The van der Waals surface area contributed by atoms with Crippen LogP contribution in [0, 0.1) is 10.1 Å². The maximum absolute atomic E-state index is 11.0. The Morgan fingerprint density at radius 2 is 1.79 bits per heavy atom. The predicted molar refractivity (Wildman–Crippen MR) is 115 cm³/mol. The topological polar surface area (TPSA) is 61.6 Å². The van der Waals surface area contributed by atoms with Crippen LogP contribution in [0.2, 0.25) is 0 Å². The van der Waals surface area contributed by atoms with Gasteiger partial charge in [0.2, 0.25) is 5.76 Å². The predicted octanol–water partition coefficient (Wildman–Crippen LogP) is 6.69. The summed E-state index contributed by atoms with van der Waals surface area (Å²) in [5.41, 5.74) is 0.800. The molecule has 2 rings (SSSR count). The van der Waals surface area contributed by atoms with Crippen molar-refractivity contribution in [3.8, 4) is 0 Å². The zero-order valence-corrected chi connectivity index (χ0v) is 17.3. The van der Waals surface area contributed by atoms with Crippen molar-refractivity contribution in [2.45, 2.75) is 47.1 Å². The van der Waals surface area contributed by atoms with Gasteiger partial charge >= 0.3 is 5.70 Å². The van der Waals surface area contributed by atoms with Gasteiger partial charge in [-0.25, -0.2) is 0 Å². The van der Waals surface area contributed by atoms with E-state index in [2.05, 4.69) is 13.2 Å². The molecule has 0 N–H and O–H groups in total. The molecule has 5 heteroatoms. The van der Waals surface area contributed by atoms with Crippen LogP contribution in [0.3, 0.4) is 0 Å². The second kappa shape index (κ2) is 15.0. The van der Waals surface area contributed by atoms with Crippen LogP contribution in [0.5, 0.6) is 0 Å². The number of nitro groups is 1. The van der Waals surface area contributed by atoms with Gasteiger partial charge in [0.15, 0.2) is 5.76 Å². The fourth-order valence-electron chi connectivity index (χ4n) is 2.18. The highest BCUT2D eigenvalue weighted by atomic mass is 16.6. The molecule has 1 aliphatic carbocycles. The van der Waals surface area contributed by atoms with E-state index in [4.69, 9.17) is 9.47 Å². The summed E-state index contributed by atoms with van der Waals surface area (Å²) < 4.78 is 11.5. The van der Waals surface area contributed by atoms with Gasteiger partial charge in [-0.2, -0.15) is 0 Å². The normalized spacial score (nSPS) is 13.0. The van der Waals surface area contributed by atoms with E-state index in [1.165, 1.54) is 6.08 Å². The third kappa shape index (κ3) is 8.08. The Balaban J connectivity index is 0.00000171. The standard InChI is InChI=1S/C19H19NO4.2C2H6/c1-3-16(20(21)22)17(4-2)24-19-13-9-8-12-18(19)23-14-15-10-6-5-7-11-15;2*1-2/h3-7,9-11,13H,1-2,8,12,14H2;2*1-2H3/b17-16-;;. The van der Waals surface area contributed by atoms with Crippen LogP contribution < -0.4 is 0 Å². The SMILES string of the molecule is C=C/C(OC1=C(OCc2ccccc2)CCC=C1)=C(\C=C)[N+](=O)[O-].CC.CC. The molecule has 0 atom stereocenters. The maximum atomic E-state index is 11.0. The Kier molecular flexibility index (Phi) is 13.4. The average molecular weight is 386 g/mol. The van der Waals surface area contributed by atoms with Crippen LogP contribution in [0.1, 0.15) is 46.1 Å². The molecule has 5 nitrogen and oxygen atoms in total. The minimum absolute atomic E-state index is 0.0392. The number of nitrogens with zero attached hydrogens (tertiary/aromatic N) is 1. The number of benzene rings is 1. The van der Waals surface area contributed by atoms with Crippen molar-refractivity contribution in [2.24, 2.45) is 0 Å². The lowest BCUT2D eigenvalue weighted by atomic mass is 10.1. The van der Waals surface area contributed by atoms with Gasteiger partial charge < -0.3 is 9.47 Å². The van der Waals surface area contributed by atoms with Crippen molar-refractivity contribution in [3.05, 3.63) is 106 Å². The second-order valence-electron chi connectivity index (χ2n) is 5.02. The Morgan fingerprint density at radius 1 is 1.14 bits per heavy atom. The van der Waals surface area contributed by atoms with Gasteiger partial charge in [-0.1, -0.05) is 77.3 Å². The molecule has 0 aliphatic heterocycles. The quantitative estimate of drug-likeness (QED) is 0.216. The molecule has 0 spiro atoms. The summed E-state index contributed by atoms with van der Waals surface area (Å²) in [6, 6.07) is 9.76. The molecule has 1 aromatic rings. The monoisotopic (exact) mass is 385 g/mol. The molecule has 0 unspecified atom stereocenters. The zero-order valence-electron chi connectivity index (χ0n) is 17.3. The van der Waals surface area contributed by atoms with E-state index < -0.39 is 4.92 Å². The van der Waals surface area contributed by atoms with Gasteiger partial charge in [-0.3, -0.25) is 10.1 Å². The van der Waals surface area contributed by atoms with E-state index in [-0.39, 0.29) is 11.5 Å². The van der Waals surface area contributed by atoms with E-state index in [0.717, 1.165) is 18.1 Å². The van der Waals surface area contributed by atoms with Crippen LogP contribution in [-0.2, 0) is 16.1 Å². The fourth-order valence-corrected chi connectivity index (χ4v) is 2.18. The van der Waals surface area contributed by atoms with Crippen LogP contribution in [0.4, 0.5) is 0 Å². The third-order valence-electron chi connectivity index (χ3n) is 3.39. The van der Waals surface area contributed by atoms with Crippen molar-refractivity contribution in [1.82, 2.24) is 0 Å². The Hall–Kier alpha value is -3.08. The van der Waals surface area contributed by atoms with Crippen LogP contribution in [-0.4, -0.2) is 4.92 Å². The van der Waals surface area contributed by atoms with Gasteiger partial charge in [0.1, 0.15) is 12.4 Å². The molecule has 0 saturated heterocycles. The zero-order chi connectivity index (χ0) is 21.4. The van der Waals surface area contributed by atoms with Crippen molar-refractivity contribution in [1.29, 1.82) is 0 Å². The molecular weight excluding hydrogens is 354 g/mol. The molecule has 0 bridgehead atoms. The summed E-state index contributed by atoms with van der Waals surface area (Å²) in [5, 5.41) is 11.0. The van der Waals surface area contributed by atoms with E-state index in [9.17, 15) is 10.1 Å². The van der Waals surface area contributed by atoms with E-state index in [0.29, 0.717) is 24.5 Å².